The van der Waals surface area contributed by atoms with E-state index in [9.17, 15) is 22.8 Å². The van der Waals surface area contributed by atoms with E-state index in [-0.39, 0.29) is 31.1 Å². The van der Waals surface area contributed by atoms with Crippen LogP contribution < -0.4 is 5.32 Å². The van der Waals surface area contributed by atoms with Crippen LogP contribution in [-0.4, -0.2) is 61.6 Å². The van der Waals surface area contributed by atoms with Gasteiger partial charge in [0.2, 0.25) is 0 Å². The van der Waals surface area contributed by atoms with Gasteiger partial charge in [0.1, 0.15) is 6.54 Å². The first-order valence-corrected chi connectivity index (χ1v) is 14.2. The third kappa shape index (κ3) is 6.87. The van der Waals surface area contributed by atoms with Crippen molar-refractivity contribution in [2.24, 2.45) is 11.8 Å². The summed E-state index contributed by atoms with van der Waals surface area (Å²) in [5, 5.41) is 1.98. The molecule has 1 unspecified atom stereocenters. The number of esters is 1. The van der Waals surface area contributed by atoms with Crippen LogP contribution in [0.5, 0.6) is 0 Å². The summed E-state index contributed by atoms with van der Waals surface area (Å²) in [6.07, 6.45) is 7.21. The molecule has 4 rings (SSSR count). The Morgan fingerprint density at radius 2 is 1.95 bits per heavy atom. The molecule has 9 nitrogen and oxygen atoms in total. The number of alkyl halides is 3. The second-order valence-electron chi connectivity index (χ2n) is 10.7. The van der Waals surface area contributed by atoms with Crippen molar-refractivity contribution in [3.05, 3.63) is 30.4 Å². The molecular formula is C28H39F3N6O3. The minimum absolute atomic E-state index is 0.0464. The fourth-order valence-corrected chi connectivity index (χ4v) is 5.64. The van der Waals surface area contributed by atoms with E-state index in [0.717, 1.165) is 43.3 Å². The van der Waals surface area contributed by atoms with Crippen LogP contribution in [0.15, 0.2) is 24.7 Å². The van der Waals surface area contributed by atoms with E-state index < -0.39 is 18.8 Å². The molecule has 0 aromatic carbocycles. The number of carbonyl (C=O) groups excluding carboxylic acids is 2. The van der Waals surface area contributed by atoms with Gasteiger partial charge in [-0.3, -0.25) is 13.8 Å². The van der Waals surface area contributed by atoms with Gasteiger partial charge in [0.15, 0.2) is 18.0 Å². The minimum atomic E-state index is -4.47. The lowest BCUT2D eigenvalue weighted by Gasteiger charge is -2.18. The van der Waals surface area contributed by atoms with E-state index in [4.69, 9.17) is 4.74 Å². The molecule has 2 amide bonds. The molecule has 0 radical (unpaired) electrons. The van der Waals surface area contributed by atoms with Crippen LogP contribution in [0.4, 0.5) is 18.0 Å². The number of rotatable bonds is 12. The van der Waals surface area contributed by atoms with Crippen molar-refractivity contribution in [2.45, 2.75) is 84.5 Å². The number of halogens is 3. The number of hydrogen-bond donors (Lipinski definition) is 1. The Morgan fingerprint density at radius 1 is 1.15 bits per heavy atom. The topological polar surface area (TPSA) is 93.8 Å². The first-order chi connectivity index (χ1) is 19.1. The van der Waals surface area contributed by atoms with E-state index in [1.165, 1.54) is 11.3 Å². The number of urea groups is 1. The van der Waals surface area contributed by atoms with Gasteiger partial charge in [0, 0.05) is 43.5 Å². The average molecular weight is 565 g/mol. The zero-order valence-electron chi connectivity index (χ0n) is 23.4. The highest BCUT2D eigenvalue weighted by atomic mass is 19.4. The largest absolute Gasteiger partial charge is 0.444 e. The predicted molar refractivity (Wildman–Crippen MR) is 145 cm³/mol. The van der Waals surface area contributed by atoms with Crippen molar-refractivity contribution in [3.8, 4) is 0 Å². The summed E-state index contributed by atoms with van der Waals surface area (Å²) in [7, 11) is 0. The van der Waals surface area contributed by atoms with Gasteiger partial charge in [-0.25, -0.2) is 14.8 Å². The number of unbranched alkanes of at least 4 members (excludes halogenated alkanes) is 1. The number of aromatic nitrogens is 4. The quantitative estimate of drug-likeness (QED) is 0.278. The van der Waals surface area contributed by atoms with E-state index in [2.05, 4.69) is 23.8 Å². The summed E-state index contributed by atoms with van der Waals surface area (Å²) in [6.45, 7) is 5.67. The lowest BCUT2D eigenvalue weighted by atomic mass is 9.91. The first kappa shape index (κ1) is 29.7. The van der Waals surface area contributed by atoms with Crippen LogP contribution in [0.1, 0.15) is 77.3 Å². The molecule has 0 saturated carbocycles. The molecular weight excluding hydrogens is 525 g/mol. The number of likely N-dealkylation sites (tertiary alicyclic amines) is 1. The predicted octanol–water partition coefficient (Wildman–Crippen LogP) is 5.88. The third-order valence-electron chi connectivity index (χ3n) is 8.01. The number of amides is 2. The van der Waals surface area contributed by atoms with E-state index in [1.54, 1.807) is 17.0 Å². The Kier molecular flexibility index (Phi) is 9.57. The number of carbonyl (C=O) groups is 2. The lowest BCUT2D eigenvalue weighted by Crippen LogP contribution is -2.42. The number of fused-ring (bicyclic) bond motifs is 3. The van der Waals surface area contributed by atoms with Gasteiger partial charge in [0.25, 0.3) is 0 Å². The summed E-state index contributed by atoms with van der Waals surface area (Å²) in [4.78, 5) is 35.4. The van der Waals surface area contributed by atoms with Gasteiger partial charge in [-0.15, -0.1) is 0 Å². The van der Waals surface area contributed by atoms with Crippen molar-refractivity contribution in [3.63, 3.8) is 0 Å². The Bertz CT molecular complexity index is 1300. The molecule has 0 aliphatic carbocycles. The molecule has 40 heavy (non-hydrogen) atoms. The average Bonchev–Trinajstić information content (AvgIpc) is 3.66. The van der Waals surface area contributed by atoms with Gasteiger partial charge in [-0.1, -0.05) is 52.9 Å². The monoisotopic (exact) mass is 564 g/mol. The number of ether oxygens (including phenoxy) is 1. The molecule has 0 bridgehead atoms. The van der Waals surface area contributed by atoms with Gasteiger partial charge < -0.3 is 15.0 Å². The second-order valence-corrected chi connectivity index (χ2v) is 10.7. The molecule has 3 atom stereocenters. The van der Waals surface area contributed by atoms with Crippen LogP contribution in [-0.2, 0) is 16.3 Å². The van der Waals surface area contributed by atoms with Crippen molar-refractivity contribution in [1.29, 1.82) is 0 Å². The second kappa shape index (κ2) is 12.9. The van der Waals surface area contributed by atoms with Gasteiger partial charge in [-0.2, -0.15) is 13.2 Å². The maximum atomic E-state index is 12.6. The highest BCUT2D eigenvalue weighted by Gasteiger charge is 2.38. The molecule has 3 aromatic rings. The molecule has 1 fully saturated rings. The van der Waals surface area contributed by atoms with Crippen molar-refractivity contribution in [1.82, 2.24) is 29.2 Å². The molecule has 4 heterocycles. The SMILES string of the molecule is CCCCC(CC)CCC(=O)OCn1ccc2c1ncc1ncc([C@H]3CN(C(=O)NCC(F)(F)F)C[C@H]3CC)n12. The summed E-state index contributed by atoms with van der Waals surface area (Å²) < 4.78 is 47.2. The Hall–Kier alpha value is -3.31. The molecule has 0 spiro atoms. The fourth-order valence-electron chi connectivity index (χ4n) is 5.64. The first-order valence-electron chi connectivity index (χ1n) is 14.2. The Morgan fingerprint density at radius 3 is 2.65 bits per heavy atom. The molecule has 12 heteroatoms. The number of nitrogens with one attached hydrogen (secondary N) is 1. The number of imidazole rings is 1. The molecule has 220 valence electrons. The van der Waals surface area contributed by atoms with Gasteiger partial charge in [0.05, 0.1) is 11.7 Å². The van der Waals surface area contributed by atoms with E-state index >= 15 is 0 Å². The smallest absolute Gasteiger partial charge is 0.405 e. The number of nitrogens with zero attached hydrogens (tertiary/aromatic N) is 5. The summed E-state index contributed by atoms with van der Waals surface area (Å²) in [5.41, 5.74) is 2.90. The van der Waals surface area contributed by atoms with E-state index in [1.807, 2.05) is 28.9 Å². The fraction of sp³-hybridized carbons (Fsp3) is 0.643. The highest BCUT2D eigenvalue weighted by molar-refractivity contribution is 5.77. The normalized spacial score (nSPS) is 18.5. The standard InChI is InChI=1S/C28H39F3N6O3/c1-4-7-8-19(5-2)9-10-25(38)40-18-35-12-11-22-26(35)33-14-24-32-13-23(37(22)24)21-16-36(15-20(21)6-3)27(39)34-17-28(29,30)31/h11-14,19-21H,4-10,15-18H2,1-3H3,(H,34,39)/t19?,20-,21+/m1/s1. The van der Waals surface area contributed by atoms with Gasteiger partial charge in [-0.05, 0) is 24.3 Å². The molecule has 1 aliphatic heterocycles. The van der Waals surface area contributed by atoms with Crippen molar-refractivity contribution < 1.29 is 27.5 Å². The zero-order chi connectivity index (χ0) is 28.9. The maximum Gasteiger partial charge on any atom is 0.405 e. The highest BCUT2D eigenvalue weighted by Crippen LogP contribution is 2.36. The van der Waals surface area contributed by atoms with Crippen LogP contribution in [0.25, 0.3) is 16.8 Å². The van der Waals surface area contributed by atoms with Gasteiger partial charge >= 0.3 is 18.2 Å². The minimum Gasteiger partial charge on any atom is -0.444 e. The summed E-state index contributed by atoms with van der Waals surface area (Å²) in [5.74, 6) is 0.250. The molecule has 1 aliphatic rings. The molecule has 3 aromatic heterocycles. The maximum absolute atomic E-state index is 12.6. The Labute approximate surface area is 232 Å². The van der Waals surface area contributed by atoms with Crippen LogP contribution in [0, 0.1) is 11.8 Å². The molecule has 1 saturated heterocycles. The third-order valence-corrected chi connectivity index (χ3v) is 8.01. The van der Waals surface area contributed by atoms with Crippen molar-refractivity contribution in [2.75, 3.05) is 19.6 Å². The zero-order valence-corrected chi connectivity index (χ0v) is 23.4. The Balaban J connectivity index is 1.47. The lowest BCUT2D eigenvalue weighted by molar-refractivity contribution is -0.147. The van der Waals surface area contributed by atoms with Crippen LogP contribution >= 0.6 is 0 Å². The number of hydrogen-bond acceptors (Lipinski definition) is 5. The summed E-state index contributed by atoms with van der Waals surface area (Å²) >= 11 is 0. The summed E-state index contributed by atoms with van der Waals surface area (Å²) in [6, 6.07) is 1.16. The van der Waals surface area contributed by atoms with Crippen molar-refractivity contribution >= 4 is 28.8 Å². The van der Waals surface area contributed by atoms with Crippen LogP contribution in [0.3, 0.4) is 0 Å². The molecule has 1 N–H and O–H groups in total. The van der Waals surface area contributed by atoms with E-state index in [0.29, 0.717) is 30.2 Å². The van der Waals surface area contributed by atoms with Crippen LogP contribution in [0.2, 0.25) is 0 Å².